The normalized spacial score (nSPS) is 17.4. The molecule has 0 aliphatic carbocycles. The minimum absolute atomic E-state index is 0.0277. The fraction of sp³-hybridized carbons (Fsp3) is 0.458. The zero-order valence-electron chi connectivity index (χ0n) is 18.8. The summed E-state index contributed by atoms with van der Waals surface area (Å²) in [4.78, 5) is 17.2. The van der Waals surface area contributed by atoms with Crippen molar-refractivity contribution in [3.8, 4) is 5.82 Å². The molecule has 174 valence electrons. The van der Waals surface area contributed by atoms with Gasteiger partial charge in [0, 0.05) is 50.9 Å². The summed E-state index contributed by atoms with van der Waals surface area (Å²) in [5, 5.41) is 13.0. The summed E-state index contributed by atoms with van der Waals surface area (Å²) in [7, 11) is 0. The minimum atomic E-state index is 0.0277. The van der Waals surface area contributed by atoms with Crippen LogP contribution in [0.15, 0.2) is 42.6 Å². The molecule has 2 saturated heterocycles. The smallest absolute Gasteiger partial charge is 0.224 e. The van der Waals surface area contributed by atoms with E-state index in [4.69, 9.17) is 9.47 Å². The van der Waals surface area contributed by atoms with Crippen molar-refractivity contribution < 1.29 is 14.3 Å². The van der Waals surface area contributed by atoms with Crippen molar-refractivity contribution in [3.63, 3.8) is 0 Å². The topological polar surface area (TPSA) is 84.8 Å². The van der Waals surface area contributed by atoms with Crippen LogP contribution in [-0.4, -0.2) is 91.3 Å². The molecular weight excluding hydrogens is 420 g/mol. The van der Waals surface area contributed by atoms with Gasteiger partial charge in [-0.15, -0.1) is 10.2 Å². The Balaban J connectivity index is 1.28. The van der Waals surface area contributed by atoms with Gasteiger partial charge in [0.1, 0.15) is 0 Å². The van der Waals surface area contributed by atoms with Gasteiger partial charge in [-0.2, -0.15) is 0 Å². The van der Waals surface area contributed by atoms with Gasteiger partial charge in [-0.3, -0.25) is 14.3 Å². The van der Waals surface area contributed by atoms with Crippen LogP contribution >= 0.6 is 0 Å². The van der Waals surface area contributed by atoms with E-state index in [9.17, 15) is 4.79 Å². The molecule has 2 aromatic heterocycles. The van der Waals surface area contributed by atoms with E-state index in [1.54, 1.807) is 0 Å². The number of aromatic nitrogens is 3. The van der Waals surface area contributed by atoms with Crippen molar-refractivity contribution in [2.45, 2.75) is 6.42 Å². The largest absolute Gasteiger partial charge is 0.379 e. The Bertz CT molecular complexity index is 1070. The number of carbonyl (C=O) groups excluding carboxylic acids is 1. The van der Waals surface area contributed by atoms with Crippen LogP contribution in [-0.2, 0) is 20.7 Å². The summed E-state index contributed by atoms with van der Waals surface area (Å²) in [6.45, 7) is 7.95. The lowest BCUT2D eigenvalue weighted by atomic mass is 10.1. The van der Waals surface area contributed by atoms with Gasteiger partial charge in [-0.1, -0.05) is 18.2 Å². The van der Waals surface area contributed by atoms with E-state index >= 15 is 0 Å². The summed E-state index contributed by atoms with van der Waals surface area (Å²) in [5.41, 5.74) is 2.00. The second kappa shape index (κ2) is 10.3. The number of rotatable bonds is 7. The van der Waals surface area contributed by atoms with Crippen molar-refractivity contribution in [1.29, 1.82) is 0 Å². The van der Waals surface area contributed by atoms with Crippen molar-refractivity contribution in [2.24, 2.45) is 0 Å². The maximum absolute atomic E-state index is 12.7. The van der Waals surface area contributed by atoms with E-state index in [-0.39, 0.29) is 5.91 Å². The maximum Gasteiger partial charge on any atom is 0.224 e. The number of morpholine rings is 2. The Morgan fingerprint density at radius 3 is 2.36 bits per heavy atom. The zero-order chi connectivity index (χ0) is 22.5. The standard InChI is InChI=1S/C24H30N6O3/c31-24(25-7-8-28-9-13-32-14-10-28)17-19-18-30(21-4-2-1-3-20(19)21)23-6-5-22(26-27-23)29-11-15-33-16-12-29/h1-6,18H,7-17H2,(H,25,31). The Hall–Kier alpha value is -3.01. The molecule has 0 saturated carbocycles. The lowest BCUT2D eigenvalue weighted by Gasteiger charge is -2.27. The van der Waals surface area contributed by atoms with Gasteiger partial charge in [-0.25, -0.2) is 0 Å². The maximum atomic E-state index is 12.7. The number of fused-ring (bicyclic) bond motifs is 1. The van der Waals surface area contributed by atoms with Crippen molar-refractivity contribution in [2.75, 3.05) is 70.6 Å². The molecule has 0 bridgehead atoms. The number of nitrogens with zero attached hydrogens (tertiary/aromatic N) is 5. The van der Waals surface area contributed by atoms with E-state index in [1.807, 2.05) is 41.1 Å². The number of ether oxygens (including phenoxy) is 2. The average molecular weight is 451 g/mol. The van der Waals surface area contributed by atoms with Crippen LogP contribution in [0.1, 0.15) is 5.56 Å². The molecule has 1 amide bonds. The third-order valence-electron chi connectivity index (χ3n) is 6.22. The molecule has 3 aromatic rings. The summed E-state index contributed by atoms with van der Waals surface area (Å²) in [6.07, 6.45) is 2.33. The third-order valence-corrected chi connectivity index (χ3v) is 6.22. The first-order valence-electron chi connectivity index (χ1n) is 11.6. The van der Waals surface area contributed by atoms with Crippen LogP contribution in [0.2, 0.25) is 0 Å². The first kappa shape index (κ1) is 21.8. The van der Waals surface area contributed by atoms with E-state index in [1.165, 1.54) is 0 Å². The highest BCUT2D eigenvalue weighted by Gasteiger charge is 2.16. The molecule has 2 aliphatic rings. The van der Waals surface area contributed by atoms with Crippen LogP contribution in [0, 0.1) is 0 Å². The van der Waals surface area contributed by atoms with Gasteiger partial charge < -0.3 is 19.7 Å². The summed E-state index contributed by atoms with van der Waals surface area (Å²) < 4.78 is 12.8. The molecule has 9 heteroatoms. The summed E-state index contributed by atoms with van der Waals surface area (Å²) in [5.74, 6) is 1.63. The lowest BCUT2D eigenvalue weighted by Crippen LogP contribution is -2.41. The average Bonchev–Trinajstić information content (AvgIpc) is 3.24. The Morgan fingerprint density at radius 2 is 1.61 bits per heavy atom. The first-order valence-corrected chi connectivity index (χ1v) is 11.6. The molecule has 9 nitrogen and oxygen atoms in total. The fourth-order valence-corrected chi connectivity index (χ4v) is 4.40. The quantitative estimate of drug-likeness (QED) is 0.580. The Kier molecular flexibility index (Phi) is 6.80. The number of para-hydroxylation sites is 1. The molecule has 1 N–H and O–H groups in total. The van der Waals surface area contributed by atoms with Crippen LogP contribution in [0.25, 0.3) is 16.7 Å². The highest BCUT2D eigenvalue weighted by Crippen LogP contribution is 2.25. The van der Waals surface area contributed by atoms with Gasteiger partial charge >= 0.3 is 0 Å². The number of anilines is 1. The highest BCUT2D eigenvalue weighted by molar-refractivity contribution is 5.90. The van der Waals surface area contributed by atoms with Crippen LogP contribution in [0.5, 0.6) is 0 Å². The van der Waals surface area contributed by atoms with Gasteiger partial charge in [0.2, 0.25) is 5.91 Å². The molecule has 2 fully saturated rings. The van der Waals surface area contributed by atoms with Gasteiger partial charge in [-0.05, 0) is 23.8 Å². The fourth-order valence-electron chi connectivity index (χ4n) is 4.40. The Morgan fingerprint density at radius 1 is 0.909 bits per heavy atom. The first-order chi connectivity index (χ1) is 16.3. The van der Waals surface area contributed by atoms with Crippen molar-refractivity contribution in [1.82, 2.24) is 25.0 Å². The van der Waals surface area contributed by atoms with E-state index in [0.717, 1.165) is 74.0 Å². The predicted octanol–water partition coefficient (Wildman–Crippen LogP) is 1.25. The SMILES string of the molecule is O=C(Cc1cn(-c2ccc(N3CCOCC3)nn2)c2ccccc12)NCCN1CCOCC1. The molecule has 0 unspecified atom stereocenters. The number of amides is 1. The number of hydrogen-bond donors (Lipinski definition) is 1. The third kappa shape index (κ3) is 5.16. The Labute approximate surface area is 193 Å². The van der Waals surface area contributed by atoms with Crippen molar-refractivity contribution in [3.05, 3.63) is 48.2 Å². The number of nitrogens with one attached hydrogen (secondary N) is 1. The second-order valence-electron chi connectivity index (χ2n) is 8.37. The molecule has 0 atom stereocenters. The summed E-state index contributed by atoms with van der Waals surface area (Å²) in [6, 6.07) is 12.1. The van der Waals surface area contributed by atoms with Gasteiger partial charge in [0.05, 0.1) is 38.4 Å². The number of hydrogen-bond acceptors (Lipinski definition) is 7. The highest BCUT2D eigenvalue weighted by atomic mass is 16.5. The molecule has 33 heavy (non-hydrogen) atoms. The van der Waals surface area contributed by atoms with Crippen LogP contribution in [0.4, 0.5) is 5.82 Å². The van der Waals surface area contributed by atoms with Gasteiger partial charge in [0.25, 0.3) is 0 Å². The predicted molar refractivity (Wildman–Crippen MR) is 126 cm³/mol. The van der Waals surface area contributed by atoms with Crippen LogP contribution in [0.3, 0.4) is 0 Å². The molecule has 4 heterocycles. The van der Waals surface area contributed by atoms with E-state index in [0.29, 0.717) is 26.2 Å². The number of benzene rings is 1. The van der Waals surface area contributed by atoms with Crippen LogP contribution < -0.4 is 10.2 Å². The molecular formula is C24H30N6O3. The van der Waals surface area contributed by atoms with E-state index < -0.39 is 0 Å². The second-order valence-corrected chi connectivity index (χ2v) is 8.37. The monoisotopic (exact) mass is 450 g/mol. The van der Waals surface area contributed by atoms with Crippen molar-refractivity contribution >= 4 is 22.6 Å². The van der Waals surface area contributed by atoms with Gasteiger partial charge in [0.15, 0.2) is 11.6 Å². The summed E-state index contributed by atoms with van der Waals surface area (Å²) >= 11 is 0. The molecule has 5 rings (SSSR count). The molecule has 0 radical (unpaired) electrons. The zero-order valence-corrected chi connectivity index (χ0v) is 18.8. The lowest BCUT2D eigenvalue weighted by molar-refractivity contribution is -0.120. The number of carbonyl (C=O) groups is 1. The molecule has 1 aromatic carbocycles. The molecule has 0 spiro atoms. The van der Waals surface area contributed by atoms with E-state index in [2.05, 4.69) is 31.4 Å². The molecule has 2 aliphatic heterocycles. The minimum Gasteiger partial charge on any atom is -0.379 e.